The number of hydrogen-bond acceptors (Lipinski definition) is 0. The van der Waals surface area contributed by atoms with Crippen molar-refractivity contribution in [1.29, 1.82) is 0 Å². The average Bonchev–Trinajstić information content (AvgIpc) is 3.34. The molecule has 0 aliphatic heterocycles. The van der Waals surface area contributed by atoms with E-state index in [0.29, 0.717) is 0 Å². The van der Waals surface area contributed by atoms with E-state index in [1.807, 2.05) is 0 Å². The maximum atomic E-state index is 2.57. The van der Waals surface area contributed by atoms with Gasteiger partial charge in [-0.3, -0.25) is 0 Å². The van der Waals surface area contributed by atoms with E-state index in [0.717, 1.165) is 13.0 Å². The molecule has 6 aromatic rings. The second-order valence-electron chi connectivity index (χ2n) is 8.39. The lowest BCUT2D eigenvalue weighted by Gasteiger charge is -2.11. The van der Waals surface area contributed by atoms with Gasteiger partial charge in [0.25, 0.3) is 0 Å². The Bertz CT molecular complexity index is 1650. The summed E-state index contributed by atoms with van der Waals surface area (Å²) in [5, 5.41) is 8.17. The molecule has 142 valence electrons. The van der Waals surface area contributed by atoms with Crippen molar-refractivity contribution in [2.75, 3.05) is 0 Å². The number of nitrogens with zero attached hydrogens (tertiary/aromatic N) is 1. The van der Waals surface area contributed by atoms with Crippen molar-refractivity contribution < 1.29 is 0 Å². The van der Waals surface area contributed by atoms with Crippen LogP contribution in [0.3, 0.4) is 0 Å². The van der Waals surface area contributed by atoms with Gasteiger partial charge >= 0.3 is 0 Å². The van der Waals surface area contributed by atoms with E-state index in [-0.39, 0.29) is 0 Å². The third kappa shape index (κ3) is 1.88. The summed E-state index contributed by atoms with van der Waals surface area (Å²) in [5.74, 6) is 0. The van der Waals surface area contributed by atoms with Crippen LogP contribution in [-0.2, 0) is 13.0 Å². The fourth-order valence-corrected chi connectivity index (χ4v) is 5.79. The van der Waals surface area contributed by atoms with Gasteiger partial charge in [0.05, 0.1) is 11.0 Å². The van der Waals surface area contributed by atoms with Gasteiger partial charge in [-0.05, 0) is 46.2 Å². The molecule has 0 fully saturated rings. The zero-order valence-electron chi connectivity index (χ0n) is 16.9. The summed E-state index contributed by atoms with van der Waals surface area (Å²) in [6, 6.07) is 31.5. The van der Waals surface area contributed by atoms with Crippen molar-refractivity contribution >= 4 is 43.4 Å². The molecular formula is C29H21N. The van der Waals surface area contributed by atoms with Gasteiger partial charge in [-0.2, -0.15) is 0 Å². The van der Waals surface area contributed by atoms with Crippen LogP contribution in [-0.4, -0.2) is 4.57 Å². The highest BCUT2D eigenvalue weighted by Crippen LogP contribution is 2.47. The zero-order valence-corrected chi connectivity index (χ0v) is 16.9. The van der Waals surface area contributed by atoms with Crippen LogP contribution in [0.15, 0.2) is 84.9 Å². The number of fused-ring (bicyclic) bond motifs is 12. The Morgan fingerprint density at radius 3 is 2.07 bits per heavy atom. The molecule has 0 bridgehead atoms. The van der Waals surface area contributed by atoms with Crippen molar-refractivity contribution in [2.45, 2.75) is 19.9 Å². The molecule has 1 aliphatic rings. The van der Waals surface area contributed by atoms with E-state index in [2.05, 4.69) is 96.4 Å². The summed E-state index contributed by atoms with van der Waals surface area (Å²) >= 11 is 0. The fraction of sp³-hybridized carbons (Fsp3) is 0.103. The summed E-state index contributed by atoms with van der Waals surface area (Å²) in [4.78, 5) is 0. The Kier molecular flexibility index (Phi) is 3.10. The third-order valence-electron chi connectivity index (χ3n) is 6.96. The van der Waals surface area contributed by atoms with E-state index in [4.69, 9.17) is 0 Å². The number of aryl methyl sites for hydroxylation is 1. The minimum atomic E-state index is 0.959. The van der Waals surface area contributed by atoms with E-state index >= 15 is 0 Å². The quantitative estimate of drug-likeness (QED) is 0.256. The highest BCUT2D eigenvalue weighted by molar-refractivity contribution is 6.32. The number of aromatic nitrogens is 1. The second kappa shape index (κ2) is 5.73. The Morgan fingerprint density at radius 1 is 0.600 bits per heavy atom. The first-order valence-electron chi connectivity index (χ1n) is 10.8. The van der Waals surface area contributed by atoms with Crippen LogP contribution in [0.25, 0.3) is 54.5 Å². The molecule has 0 saturated carbocycles. The molecule has 0 saturated heterocycles. The van der Waals surface area contributed by atoms with Gasteiger partial charge in [-0.15, -0.1) is 0 Å². The van der Waals surface area contributed by atoms with Crippen molar-refractivity contribution in [3.8, 4) is 11.1 Å². The van der Waals surface area contributed by atoms with Gasteiger partial charge in [0.15, 0.2) is 0 Å². The Balaban J connectivity index is 1.82. The molecule has 0 unspecified atom stereocenters. The first kappa shape index (κ1) is 16.2. The van der Waals surface area contributed by atoms with Crippen LogP contribution in [0.1, 0.15) is 18.1 Å². The fourth-order valence-electron chi connectivity index (χ4n) is 5.79. The molecule has 5 aromatic carbocycles. The van der Waals surface area contributed by atoms with Crippen molar-refractivity contribution in [3.63, 3.8) is 0 Å². The molecule has 0 spiro atoms. The van der Waals surface area contributed by atoms with E-state index in [1.54, 1.807) is 0 Å². The average molecular weight is 383 g/mol. The van der Waals surface area contributed by atoms with E-state index in [9.17, 15) is 0 Å². The zero-order chi connectivity index (χ0) is 19.8. The van der Waals surface area contributed by atoms with Crippen molar-refractivity contribution in [2.24, 2.45) is 0 Å². The van der Waals surface area contributed by atoms with Crippen molar-refractivity contribution in [3.05, 3.63) is 96.1 Å². The summed E-state index contributed by atoms with van der Waals surface area (Å²) in [6.45, 7) is 3.24. The monoisotopic (exact) mass is 383 g/mol. The lowest BCUT2D eigenvalue weighted by Crippen LogP contribution is -1.96. The van der Waals surface area contributed by atoms with Gasteiger partial charge < -0.3 is 4.57 Å². The predicted octanol–water partition coefficient (Wildman–Crippen LogP) is 7.69. The molecule has 0 radical (unpaired) electrons. The summed E-state index contributed by atoms with van der Waals surface area (Å²) in [5.41, 5.74) is 8.52. The predicted molar refractivity (Wildman–Crippen MR) is 128 cm³/mol. The van der Waals surface area contributed by atoms with Gasteiger partial charge in [0, 0.05) is 28.3 Å². The van der Waals surface area contributed by atoms with E-state index in [1.165, 1.54) is 65.6 Å². The van der Waals surface area contributed by atoms with Gasteiger partial charge in [0.1, 0.15) is 0 Å². The number of rotatable bonds is 1. The van der Waals surface area contributed by atoms with E-state index < -0.39 is 0 Å². The minimum absolute atomic E-state index is 0.959. The normalized spacial score (nSPS) is 12.8. The lowest BCUT2D eigenvalue weighted by atomic mass is 9.96. The second-order valence-corrected chi connectivity index (χ2v) is 8.39. The standard InChI is InChI=1S/C29H21N/c1-2-30-28-24-14-8-6-12-22(24)21-11-5-7-13-23(21)27(28)25-16-15-19-17-18-9-3-4-10-20(18)26(19)29(25)30/h3-16H,2,17H2,1H3. The summed E-state index contributed by atoms with van der Waals surface area (Å²) in [7, 11) is 0. The summed E-state index contributed by atoms with van der Waals surface area (Å²) < 4.78 is 2.57. The lowest BCUT2D eigenvalue weighted by molar-refractivity contribution is 0.830. The Labute approximate surface area is 175 Å². The SMILES string of the molecule is CCn1c2c3c(ccc2c2c4ccccc4c4ccccc4c21)Cc1ccccc1-3. The maximum absolute atomic E-state index is 2.57. The van der Waals surface area contributed by atoms with Crippen LogP contribution >= 0.6 is 0 Å². The minimum Gasteiger partial charge on any atom is -0.340 e. The first-order valence-corrected chi connectivity index (χ1v) is 10.8. The molecule has 1 heterocycles. The molecule has 1 aliphatic carbocycles. The first-order chi connectivity index (χ1) is 14.9. The smallest absolute Gasteiger partial charge is 0.0577 e. The molecule has 7 rings (SSSR count). The van der Waals surface area contributed by atoms with Gasteiger partial charge in [-0.1, -0.05) is 84.9 Å². The molecule has 30 heavy (non-hydrogen) atoms. The molecule has 1 nitrogen and oxygen atoms in total. The Hall–Kier alpha value is -3.58. The van der Waals surface area contributed by atoms with Crippen LogP contribution in [0.4, 0.5) is 0 Å². The molecule has 0 amide bonds. The highest BCUT2D eigenvalue weighted by Gasteiger charge is 2.25. The molecule has 1 heteroatoms. The van der Waals surface area contributed by atoms with Crippen LogP contribution in [0, 0.1) is 0 Å². The van der Waals surface area contributed by atoms with Crippen LogP contribution in [0.2, 0.25) is 0 Å². The van der Waals surface area contributed by atoms with Crippen molar-refractivity contribution in [1.82, 2.24) is 4.57 Å². The third-order valence-corrected chi connectivity index (χ3v) is 6.96. The number of benzene rings is 5. The van der Waals surface area contributed by atoms with Crippen LogP contribution < -0.4 is 0 Å². The van der Waals surface area contributed by atoms with Gasteiger partial charge in [0.2, 0.25) is 0 Å². The number of hydrogen-bond donors (Lipinski definition) is 0. The molecule has 0 atom stereocenters. The summed E-state index contributed by atoms with van der Waals surface area (Å²) in [6.07, 6.45) is 1.04. The Morgan fingerprint density at radius 2 is 1.27 bits per heavy atom. The van der Waals surface area contributed by atoms with Crippen LogP contribution in [0.5, 0.6) is 0 Å². The molecule has 0 N–H and O–H groups in total. The molecule has 1 aromatic heterocycles. The maximum Gasteiger partial charge on any atom is 0.0577 e. The highest BCUT2D eigenvalue weighted by atomic mass is 15.0. The molecular weight excluding hydrogens is 362 g/mol. The van der Waals surface area contributed by atoms with Gasteiger partial charge in [-0.25, -0.2) is 0 Å². The largest absolute Gasteiger partial charge is 0.340 e. The topological polar surface area (TPSA) is 4.93 Å².